The molecule has 0 aliphatic heterocycles. The Morgan fingerprint density at radius 1 is 1.13 bits per heavy atom. The van der Waals surface area contributed by atoms with Crippen LogP contribution in [0.2, 0.25) is 0 Å². The summed E-state index contributed by atoms with van der Waals surface area (Å²) in [5.74, 6) is -0.630. The van der Waals surface area contributed by atoms with Crippen molar-refractivity contribution in [2.45, 2.75) is 13.5 Å². The Labute approximate surface area is 145 Å². The first kappa shape index (κ1) is 18.6. The maximum atomic E-state index is 12.1. The number of nitrogens with zero attached hydrogens (tertiary/aromatic N) is 1. The monoisotopic (exact) mass is 379 g/mol. The molecule has 7 heteroatoms. The summed E-state index contributed by atoms with van der Waals surface area (Å²) in [6.07, 6.45) is 3.30. The second-order valence-electron chi connectivity index (χ2n) is 4.52. The minimum Gasteiger partial charge on any atom is -1.00 e. The molecule has 0 spiro atoms. The number of esters is 1. The van der Waals surface area contributed by atoms with E-state index in [0.717, 1.165) is 5.69 Å². The highest BCUT2D eigenvalue weighted by molar-refractivity contribution is 5.94. The molecule has 0 saturated carbocycles. The summed E-state index contributed by atoms with van der Waals surface area (Å²) >= 11 is 0. The lowest BCUT2D eigenvalue weighted by Crippen LogP contribution is -3.00. The van der Waals surface area contributed by atoms with E-state index in [1.165, 1.54) is 0 Å². The Morgan fingerprint density at radius 2 is 1.87 bits per heavy atom. The molecule has 0 saturated heterocycles. The molecule has 0 unspecified atom stereocenters. The normalized spacial score (nSPS) is 9.43. The number of benzene rings is 1. The molecule has 0 aliphatic carbocycles. The molecule has 1 amide bonds. The lowest BCUT2D eigenvalue weighted by molar-refractivity contribution is -0.686. The quantitative estimate of drug-likeness (QED) is 0.356. The molecule has 2 N–H and O–H groups in total. The van der Waals surface area contributed by atoms with Gasteiger partial charge in [-0.2, -0.15) is 4.57 Å². The van der Waals surface area contributed by atoms with Crippen LogP contribution < -0.4 is 32.4 Å². The largest absolute Gasteiger partial charge is 1.00 e. The summed E-state index contributed by atoms with van der Waals surface area (Å²) in [6, 6.07) is 12.7. The molecule has 0 atom stereocenters. The Balaban J connectivity index is 0.00000264. The van der Waals surface area contributed by atoms with Crippen molar-refractivity contribution in [1.82, 2.24) is 5.43 Å². The number of para-hydroxylation sites is 1. The van der Waals surface area contributed by atoms with Gasteiger partial charge >= 0.3 is 5.97 Å². The first-order valence-corrected chi connectivity index (χ1v) is 6.95. The summed E-state index contributed by atoms with van der Waals surface area (Å²) in [5, 5.41) is 0. The van der Waals surface area contributed by atoms with E-state index >= 15 is 0 Å². The zero-order valence-electron chi connectivity index (χ0n) is 12.7. The summed E-state index contributed by atoms with van der Waals surface area (Å²) in [4.78, 5) is 23.5. The zero-order valence-corrected chi connectivity index (χ0v) is 14.2. The minimum absolute atomic E-state index is 0. The molecule has 122 valence electrons. The fourth-order valence-corrected chi connectivity index (χ4v) is 1.83. The molecular formula is C16H18BrN3O3. The van der Waals surface area contributed by atoms with Gasteiger partial charge in [-0.1, -0.05) is 18.2 Å². The Hall–Kier alpha value is -2.41. The molecule has 23 heavy (non-hydrogen) atoms. The molecule has 1 heterocycles. The van der Waals surface area contributed by atoms with Crippen LogP contribution in [-0.4, -0.2) is 18.5 Å². The van der Waals surface area contributed by atoms with E-state index in [1.54, 1.807) is 36.0 Å². The molecule has 2 aromatic rings. The van der Waals surface area contributed by atoms with E-state index in [4.69, 9.17) is 4.74 Å². The van der Waals surface area contributed by atoms with Crippen LogP contribution in [0.3, 0.4) is 0 Å². The number of rotatable bonds is 6. The topological polar surface area (TPSA) is 71.3 Å². The number of hydrogen-bond donors (Lipinski definition) is 2. The predicted molar refractivity (Wildman–Crippen MR) is 80.8 cm³/mol. The van der Waals surface area contributed by atoms with Crippen LogP contribution in [0.5, 0.6) is 0 Å². The van der Waals surface area contributed by atoms with E-state index in [1.807, 2.05) is 30.3 Å². The van der Waals surface area contributed by atoms with Crippen LogP contribution >= 0.6 is 0 Å². The molecule has 0 radical (unpaired) electrons. The number of ether oxygens (including phenoxy) is 1. The van der Waals surface area contributed by atoms with Gasteiger partial charge in [0.25, 0.3) is 5.91 Å². The van der Waals surface area contributed by atoms with E-state index in [0.29, 0.717) is 12.2 Å². The number of hydrazine groups is 1. The molecular weight excluding hydrogens is 362 g/mol. The van der Waals surface area contributed by atoms with Gasteiger partial charge in [-0.25, -0.2) is 4.79 Å². The predicted octanol–water partition coefficient (Wildman–Crippen LogP) is -1.70. The van der Waals surface area contributed by atoms with Crippen LogP contribution in [0.25, 0.3) is 0 Å². The van der Waals surface area contributed by atoms with Crippen LogP contribution in [0.1, 0.15) is 17.3 Å². The first-order valence-electron chi connectivity index (χ1n) is 6.95. The second-order valence-corrected chi connectivity index (χ2v) is 4.52. The van der Waals surface area contributed by atoms with Gasteiger partial charge in [-0.15, -0.1) is 0 Å². The highest BCUT2D eigenvalue weighted by Gasteiger charge is 2.14. The van der Waals surface area contributed by atoms with Gasteiger partial charge in [0, 0.05) is 6.07 Å². The van der Waals surface area contributed by atoms with Crippen molar-refractivity contribution in [1.29, 1.82) is 0 Å². The fraction of sp³-hybridized carbons (Fsp3) is 0.188. The van der Waals surface area contributed by atoms with Crippen molar-refractivity contribution in [2.24, 2.45) is 0 Å². The summed E-state index contributed by atoms with van der Waals surface area (Å²) in [7, 11) is 0. The number of carbonyl (C=O) groups excluding carboxylic acids is 2. The molecule has 0 aliphatic rings. The van der Waals surface area contributed by atoms with Crippen LogP contribution in [0.4, 0.5) is 5.69 Å². The lowest BCUT2D eigenvalue weighted by atomic mass is 10.2. The van der Waals surface area contributed by atoms with Gasteiger partial charge in [0.05, 0.1) is 12.3 Å². The van der Waals surface area contributed by atoms with Crippen LogP contribution in [0.15, 0.2) is 54.9 Å². The average Bonchev–Trinajstić information content (AvgIpc) is 2.54. The fourth-order valence-electron chi connectivity index (χ4n) is 1.83. The number of hydrogen-bond acceptors (Lipinski definition) is 4. The zero-order chi connectivity index (χ0) is 15.8. The number of pyridine rings is 1. The van der Waals surface area contributed by atoms with Gasteiger partial charge in [0.15, 0.2) is 12.4 Å². The van der Waals surface area contributed by atoms with Crippen LogP contribution in [-0.2, 0) is 16.1 Å². The number of anilines is 1. The van der Waals surface area contributed by atoms with E-state index in [-0.39, 0.29) is 35.4 Å². The van der Waals surface area contributed by atoms with Crippen molar-refractivity contribution in [3.63, 3.8) is 0 Å². The molecule has 0 fully saturated rings. The summed E-state index contributed by atoms with van der Waals surface area (Å²) in [5.41, 5.74) is 6.65. The van der Waals surface area contributed by atoms with Crippen molar-refractivity contribution < 1.29 is 35.9 Å². The van der Waals surface area contributed by atoms with Crippen molar-refractivity contribution in [3.05, 3.63) is 60.4 Å². The third kappa shape index (κ3) is 6.07. The molecule has 6 nitrogen and oxygen atoms in total. The van der Waals surface area contributed by atoms with Gasteiger partial charge in [0.2, 0.25) is 6.54 Å². The lowest BCUT2D eigenvalue weighted by Gasteiger charge is -2.07. The smallest absolute Gasteiger partial charge is 0.372 e. The van der Waals surface area contributed by atoms with Gasteiger partial charge in [-0.3, -0.25) is 15.6 Å². The Bertz CT molecular complexity index is 650. The minimum atomic E-state index is -0.340. The number of carbonyl (C=O) groups is 2. The summed E-state index contributed by atoms with van der Waals surface area (Å²) < 4.78 is 6.49. The summed E-state index contributed by atoms with van der Waals surface area (Å²) in [6.45, 7) is 2.16. The van der Waals surface area contributed by atoms with Crippen molar-refractivity contribution in [2.75, 3.05) is 12.0 Å². The van der Waals surface area contributed by atoms with E-state index in [9.17, 15) is 9.59 Å². The highest BCUT2D eigenvalue weighted by Crippen LogP contribution is 2.03. The highest BCUT2D eigenvalue weighted by atomic mass is 79.9. The standard InChI is InChI=1S/C16H17N3O3.BrH/c1-2-22-15(20)12-19-10-6-7-13(11-19)16(21)18-17-14-8-4-3-5-9-14;/h3-11,17H,2,12H2,1H3;1H. The Morgan fingerprint density at radius 3 is 2.57 bits per heavy atom. The van der Waals surface area contributed by atoms with Crippen molar-refractivity contribution >= 4 is 17.6 Å². The number of nitrogens with one attached hydrogen (secondary N) is 2. The van der Waals surface area contributed by atoms with Crippen LogP contribution in [0, 0.1) is 0 Å². The van der Waals surface area contributed by atoms with Gasteiger partial charge in [0.1, 0.15) is 5.56 Å². The average molecular weight is 380 g/mol. The second kappa shape index (κ2) is 9.58. The third-order valence-electron chi connectivity index (χ3n) is 2.83. The van der Waals surface area contributed by atoms with E-state index in [2.05, 4.69) is 10.9 Å². The van der Waals surface area contributed by atoms with Crippen molar-refractivity contribution in [3.8, 4) is 0 Å². The molecule has 1 aromatic carbocycles. The number of halogens is 1. The SMILES string of the molecule is CCOC(=O)C[n+]1cccc(C(=O)NNc2ccccc2)c1.[Br-]. The Kier molecular flexibility index (Phi) is 7.76. The van der Waals surface area contributed by atoms with E-state index < -0.39 is 0 Å². The molecule has 0 bridgehead atoms. The maximum Gasteiger partial charge on any atom is 0.372 e. The molecule has 1 aromatic heterocycles. The third-order valence-corrected chi connectivity index (χ3v) is 2.83. The first-order chi connectivity index (χ1) is 10.7. The molecule has 2 rings (SSSR count). The number of amides is 1. The maximum absolute atomic E-state index is 12.1. The van der Waals surface area contributed by atoms with Gasteiger partial charge in [-0.05, 0) is 25.1 Å². The van der Waals surface area contributed by atoms with Gasteiger partial charge < -0.3 is 21.7 Å². The number of aromatic nitrogens is 1.